The lowest BCUT2D eigenvalue weighted by molar-refractivity contribution is 0.0936. The first-order valence-electron chi connectivity index (χ1n) is 5.19. The summed E-state index contributed by atoms with van der Waals surface area (Å²) in [5, 5.41) is 0. The maximum absolute atomic E-state index is 11.6. The average Bonchev–Trinajstić information content (AvgIpc) is 2.52. The molecule has 88 valence electrons. The Balaban J connectivity index is 2.99. The van der Waals surface area contributed by atoms with Gasteiger partial charge < -0.3 is 4.98 Å². The van der Waals surface area contributed by atoms with Crippen molar-refractivity contribution < 1.29 is 9.59 Å². The van der Waals surface area contributed by atoms with Crippen LogP contribution in [0.4, 0.5) is 0 Å². The Morgan fingerprint density at radius 1 is 1.24 bits per heavy atom. The van der Waals surface area contributed by atoms with Gasteiger partial charge in [-0.2, -0.15) is 0 Å². The van der Waals surface area contributed by atoms with Crippen LogP contribution in [0, 0.1) is 6.92 Å². The van der Waals surface area contributed by atoms with Crippen molar-refractivity contribution in [2.45, 2.75) is 20.8 Å². The van der Waals surface area contributed by atoms with Crippen LogP contribution in [-0.4, -0.2) is 21.2 Å². The zero-order chi connectivity index (χ0) is 12.7. The van der Waals surface area contributed by atoms with Gasteiger partial charge in [0.05, 0.1) is 11.0 Å². The molecule has 0 aliphatic carbocycles. The first-order chi connectivity index (χ1) is 7.93. The van der Waals surface area contributed by atoms with Gasteiger partial charge in [0.25, 0.3) is 0 Å². The van der Waals surface area contributed by atoms with Gasteiger partial charge in [-0.3, -0.25) is 9.59 Å². The van der Waals surface area contributed by atoms with Crippen LogP contribution in [0.5, 0.6) is 0 Å². The van der Waals surface area contributed by atoms with Crippen molar-refractivity contribution in [1.82, 2.24) is 9.55 Å². The SMILES string of the molecule is CC(=O)c1c(C)ccc2c1[nH]c(=O)n2C(C)=O. The minimum Gasteiger partial charge on any atom is -0.304 e. The molecule has 0 saturated heterocycles. The Kier molecular flexibility index (Phi) is 2.46. The fourth-order valence-electron chi connectivity index (χ4n) is 2.05. The van der Waals surface area contributed by atoms with E-state index in [1.165, 1.54) is 13.8 Å². The first kappa shape index (κ1) is 11.3. The lowest BCUT2D eigenvalue weighted by Crippen LogP contribution is -2.21. The number of fused-ring (bicyclic) bond motifs is 1. The predicted octanol–water partition coefficient (Wildman–Crippen LogP) is 1.50. The monoisotopic (exact) mass is 232 g/mol. The number of H-pyrrole nitrogens is 1. The number of aromatic nitrogens is 2. The Morgan fingerprint density at radius 3 is 2.41 bits per heavy atom. The highest BCUT2D eigenvalue weighted by molar-refractivity contribution is 6.07. The molecule has 5 heteroatoms. The highest BCUT2D eigenvalue weighted by Crippen LogP contribution is 2.20. The topological polar surface area (TPSA) is 71.9 Å². The molecular weight excluding hydrogens is 220 g/mol. The van der Waals surface area contributed by atoms with E-state index in [1.807, 2.05) is 0 Å². The largest absolute Gasteiger partial charge is 0.333 e. The molecular formula is C12H12N2O3. The number of nitrogens with zero attached hydrogens (tertiary/aromatic N) is 1. The van der Waals surface area contributed by atoms with Gasteiger partial charge in [0.15, 0.2) is 5.78 Å². The number of benzene rings is 1. The number of nitrogens with one attached hydrogen (secondary N) is 1. The van der Waals surface area contributed by atoms with E-state index in [4.69, 9.17) is 0 Å². The summed E-state index contributed by atoms with van der Waals surface area (Å²) < 4.78 is 1.03. The second kappa shape index (κ2) is 3.69. The third-order valence-electron chi connectivity index (χ3n) is 2.73. The molecule has 1 aromatic heterocycles. The molecule has 0 fully saturated rings. The van der Waals surface area contributed by atoms with Crippen LogP contribution >= 0.6 is 0 Å². The van der Waals surface area contributed by atoms with E-state index >= 15 is 0 Å². The number of rotatable bonds is 1. The van der Waals surface area contributed by atoms with E-state index in [2.05, 4.69) is 4.98 Å². The summed E-state index contributed by atoms with van der Waals surface area (Å²) in [6, 6.07) is 3.39. The van der Waals surface area contributed by atoms with E-state index in [-0.39, 0.29) is 11.7 Å². The molecule has 0 amide bonds. The smallest absolute Gasteiger partial charge is 0.304 e. The minimum atomic E-state index is -0.513. The molecule has 1 N–H and O–H groups in total. The summed E-state index contributed by atoms with van der Waals surface area (Å²) in [5.74, 6) is -0.510. The fourth-order valence-corrected chi connectivity index (χ4v) is 2.05. The maximum Gasteiger partial charge on any atom is 0.333 e. The van der Waals surface area contributed by atoms with Gasteiger partial charge in [-0.1, -0.05) is 6.07 Å². The standard InChI is InChI=1S/C12H12N2O3/c1-6-4-5-9-11(10(6)7(2)15)13-12(17)14(9)8(3)16/h4-5H,1-3H3,(H,13,17). The number of carbonyl (C=O) groups is 2. The molecule has 0 saturated carbocycles. The fraction of sp³-hybridized carbons (Fsp3) is 0.250. The number of hydrogen-bond acceptors (Lipinski definition) is 3. The number of carbonyl (C=O) groups excluding carboxylic acids is 2. The van der Waals surface area contributed by atoms with Crippen molar-refractivity contribution in [3.63, 3.8) is 0 Å². The number of Topliss-reactive ketones (excluding diaryl/α,β-unsaturated/α-hetero) is 1. The molecule has 5 nitrogen and oxygen atoms in total. The third-order valence-corrected chi connectivity index (χ3v) is 2.73. The van der Waals surface area contributed by atoms with Crippen molar-refractivity contribution in [3.8, 4) is 0 Å². The molecule has 17 heavy (non-hydrogen) atoms. The lowest BCUT2D eigenvalue weighted by Gasteiger charge is -2.03. The van der Waals surface area contributed by atoms with E-state index < -0.39 is 5.69 Å². The Hall–Kier alpha value is -2.17. The van der Waals surface area contributed by atoms with Crippen LogP contribution in [0.25, 0.3) is 11.0 Å². The molecule has 1 aromatic carbocycles. The number of aromatic amines is 1. The zero-order valence-electron chi connectivity index (χ0n) is 9.83. The molecule has 0 aliphatic heterocycles. The highest BCUT2D eigenvalue weighted by Gasteiger charge is 2.16. The quantitative estimate of drug-likeness (QED) is 0.757. The van der Waals surface area contributed by atoms with Gasteiger partial charge in [-0.05, 0) is 25.5 Å². The number of ketones is 1. The van der Waals surface area contributed by atoms with Crippen molar-refractivity contribution in [1.29, 1.82) is 0 Å². The van der Waals surface area contributed by atoms with Crippen LogP contribution in [0.15, 0.2) is 16.9 Å². The summed E-state index contributed by atoms with van der Waals surface area (Å²) in [6.07, 6.45) is 0. The van der Waals surface area contributed by atoms with Gasteiger partial charge in [0, 0.05) is 12.5 Å². The Labute approximate surface area is 97.1 Å². The highest BCUT2D eigenvalue weighted by atomic mass is 16.2. The first-order valence-corrected chi connectivity index (χ1v) is 5.19. The number of hydrogen-bond donors (Lipinski definition) is 1. The van der Waals surface area contributed by atoms with Gasteiger partial charge >= 0.3 is 5.69 Å². The van der Waals surface area contributed by atoms with E-state index in [0.717, 1.165) is 10.1 Å². The second-order valence-corrected chi connectivity index (χ2v) is 3.99. The summed E-state index contributed by atoms with van der Waals surface area (Å²) in [4.78, 5) is 37.1. The third kappa shape index (κ3) is 1.60. The molecule has 0 spiro atoms. The summed E-state index contributed by atoms with van der Waals surface area (Å²) in [5.41, 5.74) is 1.60. The van der Waals surface area contributed by atoms with Gasteiger partial charge in [0.2, 0.25) is 5.91 Å². The van der Waals surface area contributed by atoms with Crippen molar-refractivity contribution in [3.05, 3.63) is 33.7 Å². The predicted molar refractivity (Wildman–Crippen MR) is 63.6 cm³/mol. The van der Waals surface area contributed by atoms with Gasteiger partial charge in [0.1, 0.15) is 0 Å². The van der Waals surface area contributed by atoms with E-state index in [1.54, 1.807) is 19.1 Å². The van der Waals surface area contributed by atoms with Gasteiger partial charge in [-0.25, -0.2) is 9.36 Å². The molecule has 0 bridgehead atoms. The maximum atomic E-state index is 11.6. The van der Waals surface area contributed by atoms with Crippen LogP contribution in [0.3, 0.4) is 0 Å². The van der Waals surface area contributed by atoms with Crippen LogP contribution in [0.2, 0.25) is 0 Å². The van der Waals surface area contributed by atoms with Crippen molar-refractivity contribution in [2.75, 3.05) is 0 Å². The van der Waals surface area contributed by atoms with Gasteiger partial charge in [-0.15, -0.1) is 0 Å². The number of aryl methyl sites for hydroxylation is 1. The summed E-state index contributed by atoms with van der Waals surface area (Å²) in [7, 11) is 0. The molecule has 0 unspecified atom stereocenters. The molecule has 1 heterocycles. The van der Waals surface area contributed by atoms with Crippen molar-refractivity contribution >= 4 is 22.7 Å². The molecule has 0 atom stereocenters. The zero-order valence-corrected chi connectivity index (χ0v) is 9.83. The normalized spacial score (nSPS) is 10.8. The van der Waals surface area contributed by atoms with Crippen molar-refractivity contribution in [2.24, 2.45) is 0 Å². The summed E-state index contributed by atoms with van der Waals surface area (Å²) in [6.45, 7) is 4.53. The summed E-state index contributed by atoms with van der Waals surface area (Å²) >= 11 is 0. The average molecular weight is 232 g/mol. The molecule has 2 rings (SSSR count). The second-order valence-electron chi connectivity index (χ2n) is 3.99. The number of imidazole rings is 1. The van der Waals surface area contributed by atoms with E-state index in [0.29, 0.717) is 16.6 Å². The van der Waals surface area contributed by atoms with Crippen LogP contribution in [0.1, 0.15) is 34.6 Å². The Morgan fingerprint density at radius 2 is 1.88 bits per heavy atom. The molecule has 2 aromatic rings. The van der Waals surface area contributed by atoms with Crippen LogP contribution in [-0.2, 0) is 0 Å². The molecule has 0 aliphatic rings. The van der Waals surface area contributed by atoms with E-state index in [9.17, 15) is 14.4 Å². The molecule has 0 radical (unpaired) electrons. The minimum absolute atomic E-state index is 0.134. The Bertz CT molecular complexity index is 692. The lowest BCUT2D eigenvalue weighted by atomic mass is 10.0. The van der Waals surface area contributed by atoms with Crippen LogP contribution < -0.4 is 5.69 Å².